The molecule has 0 spiro atoms. The fraction of sp³-hybridized carbons (Fsp3) is 0.308. The maximum absolute atomic E-state index is 13.8. The van der Waals surface area contributed by atoms with Crippen LogP contribution >= 0.6 is 11.6 Å². The van der Waals surface area contributed by atoms with Crippen LogP contribution in [0.15, 0.2) is 30.6 Å². The van der Waals surface area contributed by atoms with Gasteiger partial charge in [-0.05, 0) is 6.07 Å². The molecule has 0 aliphatic carbocycles. The number of halogens is 2. The average molecular weight is 266 g/mol. The van der Waals surface area contributed by atoms with Gasteiger partial charge in [-0.15, -0.1) is 0 Å². The zero-order valence-electron chi connectivity index (χ0n) is 9.74. The van der Waals surface area contributed by atoms with Gasteiger partial charge in [0, 0.05) is 37.0 Å². The zero-order valence-corrected chi connectivity index (χ0v) is 10.5. The largest absolute Gasteiger partial charge is 0.330 e. The highest BCUT2D eigenvalue weighted by molar-refractivity contribution is 6.30. The van der Waals surface area contributed by atoms with Crippen molar-refractivity contribution >= 4 is 11.6 Å². The van der Waals surface area contributed by atoms with Crippen molar-refractivity contribution in [1.29, 1.82) is 0 Å². The summed E-state index contributed by atoms with van der Waals surface area (Å²) < 4.78 is 15.8. The fourth-order valence-corrected chi connectivity index (χ4v) is 2.33. The lowest BCUT2D eigenvalue weighted by Crippen LogP contribution is -2.41. The number of hydrogen-bond acceptors (Lipinski definition) is 2. The van der Waals surface area contributed by atoms with Crippen molar-refractivity contribution in [1.82, 2.24) is 14.9 Å². The molecule has 3 nitrogen and oxygen atoms in total. The summed E-state index contributed by atoms with van der Waals surface area (Å²) >= 11 is 5.78. The Hall–Kier alpha value is -1.39. The second kappa shape index (κ2) is 4.71. The third kappa shape index (κ3) is 2.02. The molecular weight excluding hydrogens is 253 g/mol. The van der Waals surface area contributed by atoms with Crippen LogP contribution in [0.5, 0.6) is 0 Å². The van der Waals surface area contributed by atoms with E-state index in [1.54, 1.807) is 24.4 Å². The number of hydrogen-bond donors (Lipinski definition) is 1. The van der Waals surface area contributed by atoms with Crippen LogP contribution in [-0.4, -0.2) is 22.6 Å². The quantitative estimate of drug-likeness (QED) is 0.924. The second-order valence-electron chi connectivity index (χ2n) is 4.48. The number of rotatable bonds is 3. The minimum Gasteiger partial charge on any atom is -0.330 e. The molecule has 0 saturated carbocycles. The van der Waals surface area contributed by atoms with E-state index in [0.717, 1.165) is 18.9 Å². The van der Waals surface area contributed by atoms with Gasteiger partial charge in [-0.1, -0.05) is 23.7 Å². The molecule has 0 atom stereocenters. The minimum atomic E-state index is -0.342. The van der Waals surface area contributed by atoms with E-state index >= 15 is 0 Å². The van der Waals surface area contributed by atoms with Crippen LogP contribution in [0, 0.1) is 5.82 Å². The highest BCUT2D eigenvalue weighted by atomic mass is 35.5. The summed E-state index contributed by atoms with van der Waals surface area (Å²) in [5.74, 6) is 1.10. The van der Waals surface area contributed by atoms with Gasteiger partial charge < -0.3 is 9.88 Å². The van der Waals surface area contributed by atoms with E-state index < -0.39 is 0 Å². The zero-order chi connectivity index (χ0) is 12.5. The Morgan fingerprint density at radius 2 is 2.28 bits per heavy atom. The molecule has 3 rings (SSSR count). The van der Waals surface area contributed by atoms with Gasteiger partial charge in [0.1, 0.15) is 11.6 Å². The second-order valence-corrected chi connectivity index (χ2v) is 4.89. The lowest BCUT2D eigenvalue weighted by Gasteiger charge is -2.27. The lowest BCUT2D eigenvalue weighted by molar-refractivity contribution is 0.417. The molecule has 2 aromatic rings. The van der Waals surface area contributed by atoms with E-state index in [1.807, 2.05) is 10.8 Å². The Morgan fingerprint density at radius 3 is 3.00 bits per heavy atom. The summed E-state index contributed by atoms with van der Waals surface area (Å²) in [5.41, 5.74) is 0.592. The van der Waals surface area contributed by atoms with Crippen LogP contribution in [0.4, 0.5) is 4.39 Å². The standard InChI is InChI=1S/C13H13ClFN3/c14-11-3-1-2-9(12(11)15)8-18-5-4-17-13(18)10-6-16-7-10/h1-5,10,16H,6-8H2. The van der Waals surface area contributed by atoms with Crippen molar-refractivity contribution in [3.63, 3.8) is 0 Å². The molecule has 5 heteroatoms. The molecule has 2 heterocycles. The normalized spacial score (nSPS) is 15.7. The van der Waals surface area contributed by atoms with E-state index in [0.29, 0.717) is 18.0 Å². The van der Waals surface area contributed by atoms with Crippen molar-refractivity contribution in [3.05, 3.63) is 52.8 Å². The third-order valence-corrected chi connectivity index (χ3v) is 3.56. The highest BCUT2D eigenvalue weighted by Crippen LogP contribution is 2.22. The molecule has 0 bridgehead atoms. The predicted octanol–water partition coefficient (Wildman–Crippen LogP) is 2.41. The van der Waals surface area contributed by atoms with Crippen molar-refractivity contribution in [2.45, 2.75) is 12.5 Å². The molecule has 0 unspecified atom stereocenters. The number of imidazole rings is 1. The van der Waals surface area contributed by atoms with Crippen LogP contribution in [-0.2, 0) is 6.54 Å². The van der Waals surface area contributed by atoms with E-state index in [4.69, 9.17) is 11.6 Å². The van der Waals surface area contributed by atoms with Gasteiger partial charge in [-0.25, -0.2) is 9.37 Å². The van der Waals surface area contributed by atoms with Gasteiger partial charge in [-0.3, -0.25) is 0 Å². The Labute approximate surface area is 110 Å². The molecule has 1 aromatic heterocycles. The van der Waals surface area contributed by atoms with Crippen LogP contribution in [0.2, 0.25) is 5.02 Å². The monoisotopic (exact) mass is 265 g/mol. The fourth-order valence-electron chi connectivity index (χ4n) is 2.14. The summed E-state index contributed by atoms with van der Waals surface area (Å²) in [6, 6.07) is 5.08. The SMILES string of the molecule is Fc1c(Cl)cccc1Cn1ccnc1C1CNC1. The van der Waals surface area contributed by atoms with Crippen molar-refractivity contribution in [2.24, 2.45) is 0 Å². The Bertz CT molecular complexity index is 563. The molecular formula is C13H13ClFN3. The number of aromatic nitrogens is 2. The first-order chi connectivity index (χ1) is 8.75. The van der Waals surface area contributed by atoms with Crippen LogP contribution in [0.1, 0.15) is 17.3 Å². The summed E-state index contributed by atoms with van der Waals surface area (Å²) in [6.07, 6.45) is 3.64. The van der Waals surface area contributed by atoms with Gasteiger partial charge in [0.15, 0.2) is 0 Å². The number of nitrogens with one attached hydrogen (secondary N) is 1. The minimum absolute atomic E-state index is 0.166. The first-order valence-electron chi connectivity index (χ1n) is 5.90. The van der Waals surface area contributed by atoms with Gasteiger partial charge in [0.25, 0.3) is 0 Å². The topological polar surface area (TPSA) is 29.9 Å². The smallest absolute Gasteiger partial charge is 0.146 e. The predicted molar refractivity (Wildman–Crippen MR) is 68.3 cm³/mol. The maximum Gasteiger partial charge on any atom is 0.146 e. The summed E-state index contributed by atoms with van der Waals surface area (Å²) in [4.78, 5) is 4.35. The number of benzene rings is 1. The molecule has 1 aromatic carbocycles. The molecule has 18 heavy (non-hydrogen) atoms. The van der Waals surface area contributed by atoms with Gasteiger partial charge in [0.2, 0.25) is 0 Å². The number of nitrogens with zero attached hydrogens (tertiary/aromatic N) is 2. The molecule has 1 saturated heterocycles. The Morgan fingerprint density at radius 1 is 1.44 bits per heavy atom. The molecule has 0 amide bonds. The van der Waals surface area contributed by atoms with Crippen molar-refractivity contribution in [2.75, 3.05) is 13.1 Å². The maximum atomic E-state index is 13.8. The van der Waals surface area contributed by atoms with E-state index in [2.05, 4.69) is 10.3 Å². The third-order valence-electron chi connectivity index (χ3n) is 3.27. The van der Waals surface area contributed by atoms with Gasteiger partial charge in [-0.2, -0.15) is 0 Å². The van der Waals surface area contributed by atoms with Gasteiger partial charge >= 0.3 is 0 Å². The summed E-state index contributed by atoms with van der Waals surface area (Å²) in [6.45, 7) is 2.35. The Kier molecular flexibility index (Phi) is 3.06. The lowest BCUT2D eigenvalue weighted by atomic mass is 10.0. The first kappa shape index (κ1) is 11.7. The van der Waals surface area contributed by atoms with E-state index in [9.17, 15) is 4.39 Å². The highest BCUT2D eigenvalue weighted by Gasteiger charge is 2.23. The van der Waals surface area contributed by atoms with Crippen molar-refractivity contribution < 1.29 is 4.39 Å². The summed E-state index contributed by atoms with van der Waals surface area (Å²) in [5, 5.41) is 3.38. The van der Waals surface area contributed by atoms with Crippen LogP contribution in [0.3, 0.4) is 0 Å². The molecule has 1 aliphatic rings. The first-order valence-corrected chi connectivity index (χ1v) is 6.28. The van der Waals surface area contributed by atoms with Crippen LogP contribution in [0.25, 0.3) is 0 Å². The molecule has 1 aliphatic heterocycles. The van der Waals surface area contributed by atoms with E-state index in [1.165, 1.54) is 0 Å². The molecule has 94 valence electrons. The molecule has 1 fully saturated rings. The average Bonchev–Trinajstić information content (AvgIpc) is 2.71. The molecule has 0 radical (unpaired) electrons. The van der Waals surface area contributed by atoms with E-state index in [-0.39, 0.29) is 10.8 Å². The van der Waals surface area contributed by atoms with Crippen molar-refractivity contribution in [3.8, 4) is 0 Å². The van der Waals surface area contributed by atoms with Gasteiger partial charge in [0.05, 0.1) is 11.6 Å². The van der Waals surface area contributed by atoms with Crippen LogP contribution < -0.4 is 5.32 Å². The molecule has 1 N–H and O–H groups in total. The summed E-state index contributed by atoms with van der Waals surface area (Å²) in [7, 11) is 0. The Balaban J connectivity index is 1.88.